The molecule has 0 saturated carbocycles. The summed E-state index contributed by atoms with van der Waals surface area (Å²) >= 11 is 0. The summed E-state index contributed by atoms with van der Waals surface area (Å²) in [6.07, 6.45) is 0. The zero-order valence-electron chi connectivity index (χ0n) is 6.92. The monoisotopic (exact) mass is 252 g/mol. The molecule has 0 aliphatic heterocycles. The molecule has 0 bridgehead atoms. The third-order valence-corrected chi connectivity index (χ3v) is 1.46. The normalized spacial score (nSPS) is 14.1. The summed E-state index contributed by atoms with van der Waals surface area (Å²) in [7, 11) is 0. The molecule has 10 heteroatoms. The van der Waals surface area contributed by atoms with Crippen molar-refractivity contribution in [3.8, 4) is 12.1 Å². The molecule has 16 heavy (non-hydrogen) atoms. The number of halogens is 8. The average Bonchev–Trinajstić information content (AvgIpc) is 2.16. The van der Waals surface area contributed by atoms with E-state index in [-0.39, 0.29) is 0 Å². The third-order valence-electron chi connectivity index (χ3n) is 1.46. The molecule has 0 rings (SSSR count). The Balaban J connectivity index is 5.70. The summed E-state index contributed by atoms with van der Waals surface area (Å²) in [5.74, 6) is -25.4. The second-order valence-corrected chi connectivity index (χ2v) is 2.52. The molecule has 0 saturated heterocycles. The highest BCUT2D eigenvalue weighted by atomic mass is 19.4. The van der Waals surface area contributed by atoms with Gasteiger partial charge in [0.1, 0.15) is 12.1 Å². The van der Waals surface area contributed by atoms with E-state index in [1.54, 1.807) is 0 Å². The van der Waals surface area contributed by atoms with Crippen molar-refractivity contribution in [1.29, 1.82) is 10.5 Å². The lowest BCUT2D eigenvalue weighted by molar-refractivity contribution is -0.340. The smallest absolute Gasteiger partial charge is 0.191 e. The fourth-order valence-corrected chi connectivity index (χ4v) is 0.535. The van der Waals surface area contributed by atoms with E-state index in [0.717, 1.165) is 0 Å². The Hall–Kier alpha value is -1.58. The van der Waals surface area contributed by atoms with E-state index in [1.165, 1.54) is 0 Å². The van der Waals surface area contributed by atoms with Crippen molar-refractivity contribution < 1.29 is 35.1 Å². The van der Waals surface area contributed by atoms with Crippen LogP contribution in [0.3, 0.4) is 0 Å². The van der Waals surface area contributed by atoms with E-state index in [2.05, 4.69) is 0 Å². The van der Waals surface area contributed by atoms with E-state index in [9.17, 15) is 35.1 Å². The van der Waals surface area contributed by atoms with Crippen LogP contribution in [-0.2, 0) is 0 Å². The molecule has 0 heterocycles. The Morgan fingerprint density at radius 2 is 0.750 bits per heavy atom. The molecule has 0 aliphatic rings. The fourth-order valence-electron chi connectivity index (χ4n) is 0.535. The molecule has 0 radical (unpaired) electrons. The first kappa shape index (κ1) is 14.4. The molecular weight excluding hydrogens is 252 g/mol. The molecular formula is C6F8N2. The minimum atomic E-state index is -6.67. The minimum absolute atomic E-state index is 0.522. The second-order valence-electron chi connectivity index (χ2n) is 2.52. The first-order valence-electron chi connectivity index (χ1n) is 3.21. The Morgan fingerprint density at radius 3 is 0.875 bits per heavy atom. The second kappa shape index (κ2) is 3.47. The van der Waals surface area contributed by atoms with Gasteiger partial charge in [0.15, 0.2) is 0 Å². The van der Waals surface area contributed by atoms with E-state index < -0.39 is 35.8 Å². The zero-order chi connectivity index (χ0) is 13.4. The Morgan fingerprint density at radius 1 is 0.562 bits per heavy atom. The molecule has 0 aromatic rings. The number of nitriles is 2. The molecule has 0 aromatic heterocycles. The van der Waals surface area contributed by atoms with Crippen LogP contribution in [0.2, 0.25) is 0 Å². The van der Waals surface area contributed by atoms with Gasteiger partial charge in [-0.05, 0) is 0 Å². The average molecular weight is 252 g/mol. The van der Waals surface area contributed by atoms with Crippen molar-refractivity contribution in [2.24, 2.45) is 0 Å². The number of hydrogen-bond donors (Lipinski definition) is 0. The summed E-state index contributed by atoms with van der Waals surface area (Å²) in [6.45, 7) is 0. The van der Waals surface area contributed by atoms with Crippen LogP contribution in [0.4, 0.5) is 35.1 Å². The van der Waals surface area contributed by atoms with E-state index >= 15 is 0 Å². The zero-order valence-corrected chi connectivity index (χ0v) is 6.92. The molecule has 0 atom stereocenters. The largest absolute Gasteiger partial charge is 0.400 e. The molecule has 0 amide bonds. The van der Waals surface area contributed by atoms with Crippen molar-refractivity contribution in [2.45, 2.75) is 23.7 Å². The van der Waals surface area contributed by atoms with Crippen molar-refractivity contribution in [3.63, 3.8) is 0 Å². The van der Waals surface area contributed by atoms with Gasteiger partial charge < -0.3 is 0 Å². The van der Waals surface area contributed by atoms with Gasteiger partial charge in [0.05, 0.1) is 0 Å². The molecule has 0 spiro atoms. The van der Waals surface area contributed by atoms with Crippen LogP contribution >= 0.6 is 0 Å². The maximum Gasteiger partial charge on any atom is 0.400 e. The van der Waals surface area contributed by atoms with Crippen LogP contribution in [0.5, 0.6) is 0 Å². The molecule has 0 fully saturated rings. The van der Waals surface area contributed by atoms with Gasteiger partial charge in [0.2, 0.25) is 0 Å². The lowest BCUT2D eigenvalue weighted by atomic mass is 10.0. The lowest BCUT2D eigenvalue weighted by Crippen LogP contribution is -2.61. The summed E-state index contributed by atoms with van der Waals surface area (Å²) in [5, 5.41) is 15.0. The van der Waals surface area contributed by atoms with E-state index in [1.807, 2.05) is 0 Å². The topological polar surface area (TPSA) is 47.6 Å². The molecule has 0 aliphatic carbocycles. The molecule has 90 valence electrons. The predicted octanol–water partition coefficient (Wildman–Crippen LogP) is 2.57. The van der Waals surface area contributed by atoms with Crippen molar-refractivity contribution in [2.75, 3.05) is 0 Å². The summed E-state index contributed by atoms with van der Waals surface area (Å²) in [6, 6.07) is -1.04. The van der Waals surface area contributed by atoms with Crippen molar-refractivity contribution in [3.05, 3.63) is 0 Å². The molecule has 0 N–H and O–H groups in total. The van der Waals surface area contributed by atoms with Gasteiger partial charge in [-0.15, -0.1) is 0 Å². The Bertz CT molecular complexity index is 324. The van der Waals surface area contributed by atoms with Crippen LogP contribution in [0.1, 0.15) is 0 Å². The van der Waals surface area contributed by atoms with E-state index in [0.29, 0.717) is 0 Å². The number of hydrogen-bond acceptors (Lipinski definition) is 2. The number of rotatable bonds is 3. The Kier molecular flexibility index (Phi) is 3.13. The maximum absolute atomic E-state index is 12.3. The number of alkyl halides is 8. The van der Waals surface area contributed by atoms with Gasteiger partial charge in [-0.25, -0.2) is 0 Å². The van der Waals surface area contributed by atoms with Crippen molar-refractivity contribution in [1.82, 2.24) is 0 Å². The quantitative estimate of drug-likeness (QED) is 0.724. The maximum atomic E-state index is 12.3. The van der Waals surface area contributed by atoms with Gasteiger partial charge >= 0.3 is 23.7 Å². The van der Waals surface area contributed by atoms with Crippen molar-refractivity contribution >= 4 is 0 Å². The van der Waals surface area contributed by atoms with Crippen LogP contribution in [0.25, 0.3) is 0 Å². The predicted molar refractivity (Wildman–Crippen MR) is 31.0 cm³/mol. The van der Waals surface area contributed by atoms with Gasteiger partial charge in [-0.3, -0.25) is 0 Å². The Labute approximate surface area is 82.7 Å². The summed E-state index contributed by atoms with van der Waals surface area (Å²) in [4.78, 5) is 0. The van der Waals surface area contributed by atoms with E-state index in [4.69, 9.17) is 10.5 Å². The lowest BCUT2D eigenvalue weighted by Gasteiger charge is -2.30. The van der Waals surface area contributed by atoms with Gasteiger partial charge in [-0.2, -0.15) is 45.6 Å². The number of nitrogens with zero attached hydrogens (tertiary/aromatic N) is 2. The highest BCUT2D eigenvalue weighted by Crippen LogP contribution is 2.51. The first-order chi connectivity index (χ1) is 6.87. The van der Waals surface area contributed by atoms with Crippen LogP contribution in [0.15, 0.2) is 0 Å². The van der Waals surface area contributed by atoms with Gasteiger partial charge in [0.25, 0.3) is 0 Å². The summed E-state index contributed by atoms with van der Waals surface area (Å²) < 4.78 is 97.5. The minimum Gasteiger partial charge on any atom is -0.191 e. The third kappa shape index (κ3) is 1.64. The molecule has 2 nitrogen and oxygen atoms in total. The van der Waals surface area contributed by atoms with Crippen LogP contribution in [-0.4, -0.2) is 23.7 Å². The standard InChI is InChI=1S/C6F8N2/c7-3(8,1-15)5(11,12)6(13,14)4(9,10)2-16. The molecule has 0 unspecified atom stereocenters. The highest BCUT2D eigenvalue weighted by Gasteiger charge is 2.81. The fraction of sp³-hybridized carbons (Fsp3) is 0.667. The molecule has 0 aromatic carbocycles. The highest BCUT2D eigenvalue weighted by molar-refractivity contribution is 5.16. The van der Waals surface area contributed by atoms with Crippen LogP contribution < -0.4 is 0 Å². The van der Waals surface area contributed by atoms with Crippen LogP contribution in [0, 0.1) is 22.7 Å². The SMILES string of the molecule is N#CC(F)(F)C(F)(F)C(F)(F)C(F)(F)C#N. The summed E-state index contributed by atoms with van der Waals surface area (Å²) in [5.41, 5.74) is 0. The van der Waals surface area contributed by atoms with Gasteiger partial charge in [-0.1, -0.05) is 0 Å². The van der Waals surface area contributed by atoms with Gasteiger partial charge in [0, 0.05) is 0 Å². The first-order valence-corrected chi connectivity index (χ1v) is 3.21.